The number of benzene rings is 1. The highest BCUT2D eigenvalue weighted by molar-refractivity contribution is 5.68. The average molecular weight is 357 g/mol. The van der Waals surface area contributed by atoms with E-state index < -0.39 is 5.60 Å². The lowest BCUT2D eigenvalue weighted by Gasteiger charge is -2.33. The van der Waals surface area contributed by atoms with Crippen LogP contribution in [-0.4, -0.2) is 45.8 Å². The second-order valence-electron chi connectivity index (χ2n) is 7.64. The molecule has 140 valence electrons. The van der Waals surface area contributed by atoms with Crippen LogP contribution in [0, 0.1) is 5.92 Å². The molecule has 0 N–H and O–H groups in total. The molecular weight excluding hydrogens is 330 g/mol. The van der Waals surface area contributed by atoms with E-state index in [9.17, 15) is 4.79 Å². The fraction of sp³-hybridized carbons (Fsp3) is 0.500. The van der Waals surface area contributed by atoms with Crippen LogP contribution < -0.4 is 4.74 Å². The number of hydrogen-bond donors (Lipinski definition) is 0. The van der Waals surface area contributed by atoms with Crippen LogP contribution in [0.15, 0.2) is 42.7 Å². The highest BCUT2D eigenvalue weighted by Crippen LogP contribution is 2.22. The summed E-state index contributed by atoms with van der Waals surface area (Å²) in [4.78, 5) is 18.2. The van der Waals surface area contributed by atoms with E-state index in [2.05, 4.69) is 4.98 Å². The van der Waals surface area contributed by atoms with Gasteiger partial charge in [0, 0.05) is 25.5 Å². The summed E-state index contributed by atoms with van der Waals surface area (Å²) in [5, 5.41) is 0. The first-order valence-electron chi connectivity index (χ1n) is 9.12. The molecule has 0 atom stereocenters. The van der Waals surface area contributed by atoms with Crippen LogP contribution in [0.2, 0.25) is 0 Å². The zero-order valence-corrected chi connectivity index (χ0v) is 15.7. The summed E-state index contributed by atoms with van der Waals surface area (Å²) >= 11 is 0. The normalized spacial score (nSPS) is 15.7. The molecule has 6 heteroatoms. The zero-order valence-electron chi connectivity index (χ0n) is 15.7. The summed E-state index contributed by atoms with van der Waals surface area (Å²) in [6, 6.07) is 10.6. The Balaban J connectivity index is 1.49. The van der Waals surface area contributed by atoms with Crippen molar-refractivity contribution in [2.45, 2.75) is 39.2 Å². The third kappa shape index (κ3) is 4.77. The summed E-state index contributed by atoms with van der Waals surface area (Å²) in [7, 11) is 0. The van der Waals surface area contributed by atoms with E-state index in [1.807, 2.05) is 61.9 Å². The van der Waals surface area contributed by atoms with Crippen LogP contribution in [0.25, 0.3) is 5.69 Å². The van der Waals surface area contributed by atoms with Gasteiger partial charge < -0.3 is 14.4 Å². The van der Waals surface area contributed by atoms with Crippen LogP contribution in [0.5, 0.6) is 6.01 Å². The average Bonchev–Trinajstić information content (AvgIpc) is 3.08. The minimum atomic E-state index is -0.453. The Morgan fingerprint density at radius 3 is 2.54 bits per heavy atom. The number of para-hydroxylation sites is 1. The molecule has 0 aliphatic carbocycles. The molecule has 1 aliphatic rings. The third-order valence-electron chi connectivity index (χ3n) is 4.36. The predicted molar refractivity (Wildman–Crippen MR) is 99.6 cm³/mol. The quantitative estimate of drug-likeness (QED) is 0.833. The fourth-order valence-electron chi connectivity index (χ4n) is 2.98. The second kappa shape index (κ2) is 7.81. The molecule has 3 rings (SSSR count). The topological polar surface area (TPSA) is 56.6 Å². The van der Waals surface area contributed by atoms with E-state index >= 15 is 0 Å². The number of amides is 1. The zero-order chi connectivity index (χ0) is 18.6. The number of carbonyl (C=O) groups is 1. The van der Waals surface area contributed by atoms with Gasteiger partial charge in [-0.05, 0) is 51.7 Å². The van der Waals surface area contributed by atoms with Crippen molar-refractivity contribution in [3.63, 3.8) is 0 Å². The highest BCUT2D eigenvalue weighted by Gasteiger charge is 2.27. The monoisotopic (exact) mass is 357 g/mol. The SMILES string of the molecule is CC(C)(C)OC(=O)N1CCC(COc2nccn2-c2ccccc2)CC1. The van der Waals surface area contributed by atoms with Crippen molar-refractivity contribution in [3.05, 3.63) is 42.7 Å². The summed E-state index contributed by atoms with van der Waals surface area (Å²) < 4.78 is 13.3. The molecule has 1 aliphatic heterocycles. The molecular formula is C20H27N3O3. The minimum Gasteiger partial charge on any atom is -0.464 e. The van der Waals surface area contributed by atoms with E-state index in [0.717, 1.165) is 18.5 Å². The number of piperidine rings is 1. The summed E-state index contributed by atoms with van der Waals surface area (Å²) in [6.45, 7) is 7.68. The number of hydrogen-bond acceptors (Lipinski definition) is 4. The van der Waals surface area contributed by atoms with Gasteiger partial charge in [0.15, 0.2) is 0 Å². The Labute approximate surface area is 154 Å². The molecule has 1 saturated heterocycles. The molecule has 26 heavy (non-hydrogen) atoms. The van der Waals surface area contributed by atoms with Gasteiger partial charge >= 0.3 is 12.1 Å². The Morgan fingerprint density at radius 2 is 1.88 bits per heavy atom. The Bertz CT molecular complexity index is 713. The number of nitrogens with zero attached hydrogens (tertiary/aromatic N) is 3. The predicted octanol–water partition coefficient (Wildman–Crippen LogP) is 3.90. The van der Waals surface area contributed by atoms with Crippen molar-refractivity contribution in [2.24, 2.45) is 5.92 Å². The molecule has 1 aromatic carbocycles. The first kappa shape index (κ1) is 18.3. The van der Waals surface area contributed by atoms with Crippen molar-refractivity contribution in [1.82, 2.24) is 14.5 Å². The Hall–Kier alpha value is -2.50. The van der Waals surface area contributed by atoms with Crippen LogP contribution >= 0.6 is 0 Å². The van der Waals surface area contributed by atoms with Gasteiger partial charge in [-0.1, -0.05) is 18.2 Å². The van der Waals surface area contributed by atoms with Crippen LogP contribution in [-0.2, 0) is 4.74 Å². The van der Waals surface area contributed by atoms with Gasteiger partial charge in [0.25, 0.3) is 0 Å². The van der Waals surface area contributed by atoms with E-state index in [1.165, 1.54) is 0 Å². The third-order valence-corrected chi connectivity index (χ3v) is 4.36. The molecule has 0 saturated carbocycles. The molecule has 2 aromatic rings. The molecule has 0 unspecified atom stereocenters. The van der Waals surface area contributed by atoms with Gasteiger partial charge in [-0.2, -0.15) is 0 Å². The smallest absolute Gasteiger partial charge is 0.410 e. The van der Waals surface area contributed by atoms with Crippen molar-refractivity contribution >= 4 is 6.09 Å². The number of likely N-dealkylation sites (tertiary alicyclic amines) is 1. The van der Waals surface area contributed by atoms with Gasteiger partial charge in [-0.15, -0.1) is 0 Å². The molecule has 0 bridgehead atoms. The molecule has 0 radical (unpaired) electrons. The number of carbonyl (C=O) groups excluding carboxylic acids is 1. The number of aromatic nitrogens is 2. The van der Waals surface area contributed by atoms with Crippen LogP contribution in [0.1, 0.15) is 33.6 Å². The van der Waals surface area contributed by atoms with Crippen molar-refractivity contribution < 1.29 is 14.3 Å². The molecule has 6 nitrogen and oxygen atoms in total. The lowest BCUT2D eigenvalue weighted by molar-refractivity contribution is 0.0162. The number of imidazole rings is 1. The minimum absolute atomic E-state index is 0.225. The van der Waals surface area contributed by atoms with Gasteiger partial charge in [0.2, 0.25) is 0 Å². The van der Waals surface area contributed by atoms with E-state index in [0.29, 0.717) is 31.6 Å². The standard InChI is InChI=1S/C20H27N3O3/c1-20(2,3)26-19(24)22-12-9-16(10-13-22)15-25-18-21-11-14-23(18)17-7-5-4-6-8-17/h4-8,11,14,16H,9-10,12-13,15H2,1-3H3. The van der Waals surface area contributed by atoms with Gasteiger partial charge in [-0.25, -0.2) is 9.78 Å². The number of ether oxygens (including phenoxy) is 2. The molecule has 2 heterocycles. The first-order chi connectivity index (χ1) is 12.4. The van der Waals surface area contributed by atoms with Gasteiger partial charge in [-0.3, -0.25) is 4.57 Å². The molecule has 1 fully saturated rings. The van der Waals surface area contributed by atoms with Gasteiger partial charge in [0.1, 0.15) is 5.60 Å². The Kier molecular flexibility index (Phi) is 5.49. The van der Waals surface area contributed by atoms with Crippen LogP contribution in [0.3, 0.4) is 0 Å². The van der Waals surface area contributed by atoms with Crippen molar-refractivity contribution in [2.75, 3.05) is 19.7 Å². The highest BCUT2D eigenvalue weighted by atomic mass is 16.6. The maximum atomic E-state index is 12.1. The number of rotatable bonds is 4. The Morgan fingerprint density at radius 1 is 1.19 bits per heavy atom. The first-order valence-corrected chi connectivity index (χ1v) is 9.12. The van der Waals surface area contributed by atoms with Crippen molar-refractivity contribution in [3.8, 4) is 11.7 Å². The van der Waals surface area contributed by atoms with E-state index in [-0.39, 0.29) is 6.09 Å². The van der Waals surface area contributed by atoms with E-state index in [4.69, 9.17) is 9.47 Å². The summed E-state index contributed by atoms with van der Waals surface area (Å²) in [5.41, 5.74) is 0.575. The largest absolute Gasteiger partial charge is 0.464 e. The summed E-state index contributed by atoms with van der Waals surface area (Å²) in [5.74, 6) is 0.412. The lowest BCUT2D eigenvalue weighted by atomic mass is 9.98. The fourth-order valence-corrected chi connectivity index (χ4v) is 2.98. The molecule has 1 aromatic heterocycles. The maximum Gasteiger partial charge on any atom is 0.410 e. The molecule has 0 spiro atoms. The maximum absolute atomic E-state index is 12.1. The second-order valence-corrected chi connectivity index (χ2v) is 7.64. The summed E-state index contributed by atoms with van der Waals surface area (Å²) in [6.07, 6.45) is 5.23. The van der Waals surface area contributed by atoms with Crippen molar-refractivity contribution in [1.29, 1.82) is 0 Å². The lowest BCUT2D eigenvalue weighted by Crippen LogP contribution is -2.42. The van der Waals surface area contributed by atoms with Crippen LogP contribution in [0.4, 0.5) is 4.79 Å². The molecule has 1 amide bonds. The van der Waals surface area contributed by atoms with E-state index in [1.54, 1.807) is 11.1 Å². The van der Waals surface area contributed by atoms with Gasteiger partial charge in [0.05, 0.1) is 12.3 Å².